The third-order valence-corrected chi connectivity index (χ3v) is 4.28. The van der Waals surface area contributed by atoms with E-state index in [4.69, 9.17) is 5.53 Å². The first-order chi connectivity index (χ1) is 8.97. The maximum absolute atomic E-state index is 12.1. The molecule has 1 aromatic carbocycles. The molecule has 0 aliphatic heterocycles. The molecule has 0 radical (unpaired) electrons. The fourth-order valence-electron chi connectivity index (χ4n) is 1.74. The molecule has 19 heavy (non-hydrogen) atoms. The molecular formula is C12H18N4O2S. The molecule has 1 rings (SSSR count). The van der Waals surface area contributed by atoms with Gasteiger partial charge in [0.15, 0.2) is 0 Å². The van der Waals surface area contributed by atoms with Crippen LogP contribution >= 0.6 is 0 Å². The number of hydrogen-bond acceptors (Lipinski definition) is 3. The second-order valence-corrected chi connectivity index (χ2v) is 6.06. The summed E-state index contributed by atoms with van der Waals surface area (Å²) in [6.45, 7) is 4.44. The van der Waals surface area contributed by atoms with Gasteiger partial charge in [0, 0.05) is 18.0 Å². The fraction of sp³-hybridized carbons (Fsp3) is 0.500. The van der Waals surface area contributed by atoms with Gasteiger partial charge in [-0.15, -0.1) is 0 Å². The normalized spacial score (nSPS) is 11.1. The Morgan fingerprint density at radius 2 is 2.05 bits per heavy atom. The van der Waals surface area contributed by atoms with Gasteiger partial charge in [0.1, 0.15) is 0 Å². The highest BCUT2D eigenvalue weighted by Gasteiger charge is 2.15. The summed E-state index contributed by atoms with van der Waals surface area (Å²) in [5.74, 6) is 0. The van der Waals surface area contributed by atoms with Gasteiger partial charge in [0.2, 0.25) is 10.0 Å². The SMILES string of the molecule is Cc1ccc(S(=O)(=O)NCCCCN=[N+]=[N-])c(C)c1. The van der Waals surface area contributed by atoms with E-state index < -0.39 is 10.0 Å². The minimum absolute atomic E-state index is 0.313. The minimum atomic E-state index is -3.45. The Hall–Kier alpha value is -1.56. The number of sulfonamides is 1. The Bertz CT molecular complexity index is 577. The van der Waals surface area contributed by atoms with Gasteiger partial charge in [0.25, 0.3) is 0 Å². The molecule has 0 aromatic heterocycles. The number of rotatable bonds is 7. The van der Waals surface area contributed by atoms with Crippen LogP contribution in [0.4, 0.5) is 0 Å². The van der Waals surface area contributed by atoms with Gasteiger partial charge in [-0.3, -0.25) is 0 Å². The predicted molar refractivity (Wildman–Crippen MR) is 74.4 cm³/mol. The van der Waals surface area contributed by atoms with Gasteiger partial charge < -0.3 is 0 Å². The van der Waals surface area contributed by atoms with E-state index in [2.05, 4.69) is 14.7 Å². The maximum atomic E-state index is 12.1. The fourth-order valence-corrected chi connectivity index (χ4v) is 3.04. The van der Waals surface area contributed by atoms with E-state index in [0.717, 1.165) is 11.1 Å². The zero-order valence-electron chi connectivity index (χ0n) is 11.1. The Labute approximate surface area is 113 Å². The standard InChI is InChI=1S/C12H18N4O2S/c1-10-5-6-12(11(2)9-10)19(17,18)15-8-4-3-7-14-16-13/h5-6,9,15H,3-4,7-8H2,1-2H3. The lowest BCUT2D eigenvalue weighted by molar-refractivity contribution is 0.576. The van der Waals surface area contributed by atoms with Crippen LogP contribution in [0.15, 0.2) is 28.2 Å². The second-order valence-electron chi connectivity index (χ2n) is 4.33. The van der Waals surface area contributed by atoms with Crippen LogP contribution in [-0.2, 0) is 10.0 Å². The van der Waals surface area contributed by atoms with Gasteiger partial charge in [-0.2, -0.15) is 0 Å². The van der Waals surface area contributed by atoms with Crippen molar-refractivity contribution in [2.45, 2.75) is 31.6 Å². The van der Waals surface area contributed by atoms with E-state index in [1.54, 1.807) is 19.1 Å². The van der Waals surface area contributed by atoms with Crippen molar-refractivity contribution in [3.8, 4) is 0 Å². The molecule has 1 N–H and O–H groups in total. The Balaban J connectivity index is 2.58. The lowest BCUT2D eigenvalue weighted by Crippen LogP contribution is -2.25. The molecule has 0 aliphatic rings. The highest BCUT2D eigenvalue weighted by molar-refractivity contribution is 7.89. The van der Waals surface area contributed by atoms with Crippen LogP contribution in [0.25, 0.3) is 10.4 Å². The monoisotopic (exact) mass is 282 g/mol. The third kappa shape index (κ3) is 4.90. The highest BCUT2D eigenvalue weighted by Crippen LogP contribution is 2.16. The molecule has 0 spiro atoms. The van der Waals surface area contributed by atoms with Gasteiger partial charge in [-0.1, -0.05) is 22.8 Å². The summed E-state index contributed by atoms with van der Waals surface area (Å²) in [6.07, 6.45) is 1.31. The lowest BCUT2D eigenvalue weighted by atomic mass is 10.2. The second kappa shape index (κ2) is 7.13. The van der Waals surface area contributed by atoms with E-state index >= 15 is 0 Å². The van der Waals surface area contributed by atoms with Crippen LogP contribution in [0.5, 0.6) is 0 Å². The van der Waals surface area contributed by atoms with Crippen molar-refractivity contribution < 1.29 is 8.42 Å². The lowest BCUT2D eigenvalue weighted by Gasteiger charge is -2.09. The van der Waals surface area contributed by atoms with Gasteiger partial charge in [-0.05, 0) is 43.9 Å². The van der Waals surface area contributed by atoms with Crippen LogP contribution in [0.3, 0.4) is 0 Å². The molecule has 0 saturated heterocycles. The van der Waals surface area contributed by atoms with Crippen molar-refractivity contribution in [1.82, 2.24) is 4.72 Å². The number of nitrogens with zero attached hydrogens (tertiary/aromatic N) is 3. The summed E-state index contributed by atoms with van der Waals surface area (Å²) in [5.41, 5.74) is 9.87. The number of nitrogens with one attached hydrogen (secondary N) is 1. The molecule has 1 aromatic rings. The molecule has 0 amide bonds. The first-order valence-corrected chi connectivity index (χ1v) is 7.53. The zero-order chi connectivity index (χ0) is 14.3. The summed E-state index contributed by atoms with van der Waals surface area (Å²) in [4.78, 5) is 2.95. The van der Waals surface area contributed by atoms with E-state index in [0.29, 0.717) is 30.8 Å². The minimum Gasteiger partial charge on any atom is -0.211 e. The smallest absolute Gasteiger partial charge is 0.211 e. The quantitative estimate of drug-likeness (QED) is 0.360. The van der Waals surface area contributed by atoms with Crippen molar-refractivity contribution >= 4 is 10.0 Å². The Morgan fingerprint density at radius 1 is 1.32 bits per heavy atom. The largest absolute Gasteiger partial charge is 0.240 e. The van der Waals surface area contributed by atoms with Crippen LogP contribution < -0.4 is 4.72 Å². The average molecular weight is 282 g/mol. The molecule has 7 heteroatoms. The molecule has 104 valence electrons. The zero-order valence-corrected chi connectivity index (χ0v) is 11.9. The van der Waals surface area contributed by atoms with Gasteiger partial charge in [-0.25, -0.2) is 13.1 Å². The Kier molecular flexibility index (Phi) is 5.82. The maximum Gasteiger partial charge on any atom is 0.240 e. The molecule has 0 bridgehead atoms. The first-order valence-electron chi connectivity index (χ1n) is 6.05. The van der Waals surface area contributed by atoms with Crippen molar-refractivity contribution in [2.75, 3.05) is 13.1 Å². The van der Waals surface area contributed by atoms with Crippen molar-refractivity contribution in [1.29, 1.82) is 0 Å². The van der Waals surface area contributed by atoms with Crippen molar-refractivity contribution in [3.63, 3.8) is 0 Å². The van der Waals surface area contributed by atoms with Crippen molar-refractivity contribution in [2.24, 2.45) is 5.11 Å². The summed E-state index contributed by atoms with van der Waals surface area (Å²) in [6, 6.07) is 5.24. The first kappa shape index (κ1) is 15.5. The highest BCUT2D eigenvalue weighted by atomic mass is 32.2. The molecule has 0 heterocycles. The number of aryl methyl sites for hydroxylation is 2. The molecule has 0 aliphatic carbocycles. The molecule has 6 nitrogen and oxygen atoms in total. The van der Waals surface area contributed by atoms with E-state index in [1.165, 1.54) is 0 Å². The summed E-state index contributed by atoms with van der Waals surface area (Å²) in [5, 5.41) is 3.39. The predicted octanol–water partition coefficient (Wildman–Crippen LogP) is 2.67. The Morgan fingerprint density at radius 3 is 2.68 bits per heavy atom. The van der Waals surface area contributed by atoms with Crippen LogP contribution in [-0.4, -0.2) is 21.5 Å². The number of benzene rings is 1. The van der Waals surface area contributed by atoms with Gasteiger partial charge in [0.05, 0.1) is 4.90 Å². The summed E-state index contributed by atoms with van der Waals surface area (Å²) in [7, 11) is -3.45. The number of unbranched alkanes of at least 4 members (excludes halogenated alkanes) is 1. The molecule has 0 saturated carbocycles. The molecule has 0 fully saturated rings. The van der Waals surface area contributed by atoms with Crippen LogP contribution in [0.2, 0.25) is 0 Å². The molecular weight excluding hydrogens is 264 g/mol. The average Bonchev–Trinajstić information content (AvgIpc) is 2.33. The van der Waals surface area contributed by atoms with Crippen molar-refractivity contribution in [3.05, 3.63) is 39.8 Å². The summed E-state index contributed by atoms with van der Waals surface area (Å²) < 4.78 is 26.7. The molecule has 0 unspecified atom stereocenters. The van der Waals surface area contributed by atoms with Gasteiger partial charge >= 0.3 is 0 Å². The van der Waals surface area contributed by atoms with Crippen LogP contribution in [0.1, 0.15) is 24.0 Å². The third-order valence-electron chi connectivity index (χ3n) is 2.66. The summed E-state index contributed by atoms with van der Waals surface area (Å²) >= 11 is 0. The van der Waals surface area contributed by atoms with Crippen LogP contribution in [0, 0.1) is 13.8 Å². The van der Waals surface area contributed by atoms with E-state index in [9.17, 15) is 8.42 Å². The number of hydrogen-bond donors (Lipinski definition) is 1. The molecule has 0 atom stereocenters. The topological polar surface area (TPSA) is 94.9 Å². The number of azide groups is 1. The van der Waals surface area contributed by atoms with E-state index in [-0.39, 0.29) is 0 Å². The van der Waals surface area contributed by atoms with E-state index in [1.807, 2.05) is 13.0 Å².